The Balaban J connectivity index is 1.84. The van der Waals surface area contributed by atoms with E-state index in [2.05, 4.69) is 21.4 Å². The average Bonchev–Trinajstić information content (AvgIpc) is 2.64. The molecular weight excluding hydrogens is 362 g/mol. The van der Waals surface area contributed by atoms with Crippen molar-refractivity contribution in [2.75, 3.05) is 25.1 Å². The Hall–Kier alpha value is -2.30. The maximum atomic E-state index is 14.2. The molecule has 0 amide bonds. The molecule has 0 radical (unpaired) electrons. The molecule has 2 aromatic heterocycles. The quantitative estimate of drug-likeness (QED) is 0.789. The van der Waals surface area contributed by atoms with E-state index in [-0.39, 0.29) is 16.3 Å². The van der Waals surface area contributed by atoms with Gasteiger partial charge in [-0.25, -0.2) is 14.4 Å². The summed E-state index contributed by atoms with van der Waals surface area (Å²) in [6, 6.07) is 6.04. The summed E-state index contributed by atoms with van der Waals surface area (Å²) in [6.07, 6.45) is 2.98. The first kappa shape index (κ1) is 18.5. The number of pyridine rings is 2. The Morgan fingerprint density at radius 2 is 2.08 bits per heavy atom. The maximum absolute atomic E-state index is 14.2. The van der Waals surface area contributed by atoms with Gasteiger partial charge in [0.15, 0.2) is 11.6 Å². The molecule has 136 valence electrons. The SMILES string of the molecule is N#CCC1(CNc2nc(-c3cc(F)ncc3Cl)ccc2F)CCOCC1. The van der Waals surface area contributed by atoms with E-state index in [1.54, 1.807) is 0 Å². The van der Waals surface area contributed by atoms with Gasteiger partial charge in [0.25, 0.3) is 0 Å². The fourth-order valence-corrected chi connectivity index (χ4v) is 3.19. The van der Waals surface area contributed by atoms with E-state index in [9.17, 15) is 8.78 Å². The second kappa shape index (κ2) is 7.94. The summed E-state index contributed by atoms with van der Waals surface area (Å²) in [7, 11) is 0. The zero-order valence-electron chi connectivity index (χ0n) is 13.9. The molecule has 0 spiro atoms. The van der Waals surface area contributed by atoms with Crippen molar-refractivity contribution in [1.29, 1.82) is 5.26 Å². The van der Waals surface area contributed by atoms with Crippen molar-refractivity contribution in [1.82, 2.24) is 9.97 Å². The van der Waals surface area contributed by atoms with Gasteiger partial charge in [0, 0.05) is 49.4 Å². The lowest BCUT2D eigenvalue weighted by Gasteiger charge is -2.35. The molecule has 5 nitrogen and oxygen atoms in total. The van der Waals surface area contributed by atoms with Crippen LogP contribution in [0.15, 0.2) is 24.4 Å². The molecule has 26 heavy (non-hydrogen) atoms. The predicted octanol–water partition coefficient (Wildman–Crippen LogP) is 4.20. The van der Waals surface area contributed by atoms with Crippen molar-refractivity contribution in [2.24, 2.45) is 5.41 Å². The Kier molecular flexibility index (Phi) is 5.64. The van der Waals surface area contributed by atoms with E-state index < -0.39 is 11.8 Å². The number of nitriles is 1. The molecule has 1 aliphatic rings. The predicted molar refractivity (Wildman–Crippen MR) is 93.6 cm³/mol. The van der Waals surface area contributed by atoms with Crippen LogP contribution in [0.4, 0.5) is 14.6 Å². The standard InChI is InChI=1S/C18H17ClF2N4O/c19-13-10-23-16(21)9-12(13)15-2-1-14(20)17(25-15)24-11-18(3-6-22)4-7-26-8-5-18/h1-2,9-10H,3-5,7-8,11H2,(H,24,25). The van der Waals surface area contributed by atoms with Crippen LogP contribution in [0, 0.1) is 28.5 Å². The van der Waals surface area contributed by atoms with Gasteiger partial charge in [0.2, 0.25) is 5.95 Å². The number of hydrogen-bond donors (Lipinski definition) is 1. The molecule has 0 aromatic carbocycles. The van der Waals surface area contributed by atoms with Gasteiger partial charge in [0.1, 0.15) is 0 Å². The third-order valence-corrected chi connectivity index (χ3v) is 4.88. The van der Waals surface area contributed by atoms with Crippen molar-refractivity contribution in [3.05, 3.63) is 41.2 Å². The zero-order chi connectivity index (χ0) is 18.6. The molecule has 1 N–H and O–H groups in total. The lowest BCUT2D eigenvalue weighted by atomic mass is 9.77. The summed E-state index contributed by atoms with van der Waals surface area (Å²) in [5.41, 5.74) is 0.388. The molecule has 3 rings (SSSR count). The van der Waals surface area contributed by atoms with Gasteiger partial charge >= 0.3 is 0 Å². The van der Waals surface area contributed by atoms with Crippen LogP contribution in [0.5, 0.6) is 0 Å². The van der Waals surface area contributed by atoms with Crippen molar-refractivity contribution >= 4 is 17.4 Å². The van der Waals surface area contributed by atoms with E-state index in [1.165, 1.54) is 18.3 Å². The summed E-state index contributed by atoms with van der Waals surface area (Å²) >= 11 is 6.05. The van der Waals surface area contributed by atoms with Gasteiger partial charge in [-0.2, -0.15) is 9.65 Å². The van der Waals surface area contributed by atoms with Crippen LogP contribution in [-0.2, 0) is 4.74 Å². The topological polar surface area (TPSA) is 70.8 Å². The molecule has 1 aliphatic heterocycles. The summed E-state index contributed by atoms with van der Waals surface area (Å²) in [5.74, 6) is -1.18. The smallest absolute Gasteiger partial charge is 0.213 e. The third kappa shape index (κ3) is 4.09. The average molecular weight is 379 g/mol. The first-order valence-electron chi connectivity index (χ1n) is 8.19. The van der Waals surface area contributed by atoms with Crippen molar-refractivity contribution in [3.63, 3.8) is 0 Å². The molecule has 0 unspecified atom stereocenters. The molecule has 8 heteroatoms. The lowest BCUT2D eigenvalue weighted by molar-refractivity contribution is 0.0232. The highest BCUT2D eigenvalue weighted by Crippen LogP contribution is 2.35. The fourth-order valence-electron chi connectivity index (χ4n) is 2.99. The zero-order valence-corrected chi connectivity index (χ0v) is 14.7. The summed E-state index contributed by atoms with van der Waals surface area (Å²) < 4.78 is 33.0. The van der Waals surface area contributed by atoms with Gasteiger partial charge in [-0.05, 0) is 25.0 Å². The van der Waals surface area contributed by atoms with Crippen molar-refractivity contribution < 1.29 is 13.5 Å². The Morgan fingerprint density at radius 1 is 1.31 bits per heavy atom. The van der Waals surface area contributed by atoms with Crippen LogP contribution in [0.25, 0.3) is 11.3 Å². The minimum Gasteiger partial charge on any atom is -0.381 e. The molecular formula is C18H17ClF2N4O. The highest BCUT2D eigenvalue weighted by Gasteiger charge is 2.32. The first-order valence-corrected chi connectivity index (χ1v) is 8.57. The lowest BCUT2D eigenvalue weighted by Crippen LogP contribution is -2.36. The third-order valence-electron chi connectivity index (χ3n) is 4.58. The molecule has 0 atom stereocenters. The second-order valence-corrected chi connectivity index (χ2v) is 6.72. The van der Waals surface area contributed by atoms with Crippen LogP contribution >= 0.6 is 11.6 Å². The highest BCUT2D eigenvalue weighted by atomic mass is 35.5. The number of nitrogens with zero attached hydrogens (tertiary/aromatic N) is 3. The minimum atomic E-state index is -0.694. The van der Waals surface area contributed by atoms with Gasteiger partial charge in [-0.3, -0.25) is 0 Å². The van der Waals surface area contributed by atoms with Crippen LogP contribution in [0.3, 0.4) is 0 Å². The monoisotopic (exact) mass is 378 g/mol. The summed E-state index contributed by atoms with van der Waals surface area (Å²) in [5, 5.41) is 12.4. The van der Waals surface area contributed by atoms with Gasteiger partial charge in [0.05, 0.1) is 16.8 Å². The molecule has 0 saturated carbocycles. The van der Waals surface area contributed by atoms with Crippen LogP contribution < -0.4 is 5.32 Å². The van der Waals surface area contributed by atoms with Crippen LogP contribution in [-0.4, -0.2) is 29.7 Å². The Bertz CT molecular complexity index is 834. The number of anilines is 1. The summed E-state index contributed by atoms with van der Waals surface area (Å²) in [4.78, 5) is 7.71. The fraction of sp³-hybridized carbons (Fsp3) is 0.389. The number of hydrogen-bond acceptors (Lipinski definition) is 5. The number of rotatable bonds is 5. The molecule has 0 bridgehead atoms. The van der Waals surface area contributed by atoms with Crippen LogP contribution in [0.1, 0.15) is 19.3 Å². The maximum Gasteiger partial charge on any atom is 0.213 e. The highest BCUT2D eigenvalue weighted by molar-refractivity contribution is 6.33. The van der Waals surface area contributed by atoms with E-state index in [1.807, 2.05) is 0 Å². The number of halogens is 3. The summed E-state index contributed by atoms with van der Waals surface area (Å²) in [6.45, 7) is 1.55. The largest absolute Gasteiger partial charge is 0.381 e. The second-order valence-electron chi connectivity index (χ2n) is 6.31. The van der Waals surface area contributed by atoms with Crippen molar-refractivity contribution in [3.8, 4) is 17.3 Å². The number of nitrogens with one attached hydrogen (secondary N) is 1. The van der Waals surface area contributed by atoms with Gasteiger partial charge in [-0.1, -0.05) is 11.6 Å². The van der Waals surface area contributed by atoms with E-state index in [0.717, 1.165) is 18.9 Å². The molecule has 0 aliphatic carbocycles. The number of aromatic nitrogens is 2. The van der Waals surface area contributed by atoms with Gasteiger partial charge in [-0.15, -0.1) is 0 Å². The van der Waals surface area contributed by atoms with Crippen LogP contribution in [0.2, 0.25) is 5.02 Å². The normalized spacial score (nSPS) is 16.1. The Labute approximate surface area is 155 Å². The Morgan fingerprint density at radius 3 is 2.81 bits per heavy atom. The molecule has 1 fully saturated rings. The minimum absolute atomic E-state index is 0.0413. The molecule has 2 aromatic rings. The van der Waals surface area contributed by atoms with E-state index in [4.69, 9.17) is 21.6 Å². The molecule has 3 heterocycles. The van der Waals surface area contributed by atoms with Gasteiger partial charge < -0.3 is 10.1 Å². The van der Waals surface area contributed by atoms with E-state index in [0.29, 0.717) is 37.4 Å². The van der Waals surface area contributed by atoms with Crippen molar-refractivity contribution in [2.45, 2.75) is 19.3 Å². The molecule has 1 saturated heterocycles. The number of ether oxygens (including phenoxy) is 1. The van der Waals surface area contributed by atoms with E-state index >= 15 is 0 Å². The first-order chi connectivity index (χ1) is 12.5.